The molecule has 0 radical (unpaired) electrons. The molecule has 1 amide bonds. The topological polar surface area (TPSA) is 45.7 Å². The van der Waals surface area contributed by atoms with Gasteiger partial charge in [0.05, 0.1) is 34.0 Å². The summed E-state index contributed by atoms with van der Waals surface area (Å²) in [5.41, 5.74) is 1.09. The molecule has 2 fully saturated rings. The summed E-state index contributed by atoms with van der Waals surface area (Å²) in [4.78, 5) is 21.9. The normalized spacial score (nSPS) is 27.8. The minimum Gasteiger partial charge on any atom is -0.372 e. The Morgan fingerprint density at radius 2 is 2.00 bits per heavy atom. The quantitative estimate of drug-likeness (QED) is 0.829. The number of likely N-dealkylation sites (tertiary alicyclic amines) is 1. The molecule has 26 heavy (non-hydrogen) atoms. The zero-order chi connectivity index (χ0) is 18.1. The summed E-state index contributed by atoms with van der Waals surface area (Å²) in [6.45, 7) is 7.95. The zero-order valence-electron chi connectivity index (χ0n) is 15.6. The van der Waals surface area contributed by atoms with Gasteiger partial charge in [-0.2, -0.15) is 0 Å². The van der Waals surface area contributed by atoms with E-state index in [0.717, 1.165) is 31.4 Å². The molecule has 2 saturated heterocycles. The van der Waals surface area contributed by atoms with E-state index in [1.165, 1.54) is 9.71 Å². The van der Waals surface area contributed by atoms with Crippen LogP contribution in [0.15, 0.2) is 24.3 Å². The fraction of sp³-hybridized carbons (Fsp3) is 0.600. The number of hydrogen-bond donors (Lipinski definition) is 0. The van der Waals surface area contributed by atoms with E-state index >= 15 is 0 Å². The highest BCUT2D eigenvalue weighted by atomic mass is 32.1. The molecule has 0 unspecified atom stereocenters. The van der Waals surface area contributed by atoms with Crippen LogP contribution in [0, 0.1) is 0 Å². The first-order valence-electron chi connectivity index (χ1n) is 9.59. The van der Waals surface area contributed by atoms with E-state index in [1.807, 2.05) is 24.8 Å². The zero-order valence-corrected chi connectivity index (χ0v) is 16.4. The first-order chi connectivity index (χ1) is 12.6. The predicted octanol–water partition coefficient (Wildman–Crippen LogP) is 3.11. The van der Waals surface area contributed by atoms with Gasteiger partial charge in [-0.1, -0.05) is 12.1 Å². The number of nitrogens with zero attached hydrogens (tertiary/aromatic N) is 3. The number of ether oxygens (including phenoxy) is 1. The van der Waals surface area contributed by atoms with E-state index in [9.17, 15) is 4.79 Å². The van der Waals surface area contributed by atoms with Crippen molar-refractivity contribution in [3.05, 3.63) is 29.3 Å². The van der Waals surface area contributed by atoms with Gasteiger partial charge in [0, 0.05) is 25.6 Å². The number of amides is 1. The van der Waals surface area contributed by atoms with E-state index in [2.05, 4.69) is 23.1 Å². The van der Waals surface area contributed by atoms with Crippen LogP contribution in [0.4, 0.5) is 0 Å². The molecule has 4 rings (SSSR count). The highest BCUT2D eigenvalue weighted by Gasteiger charge is 2.29. The van der Waals surface area contributed by atoms with Crippen molar-refractivity contribution in [2.45, 2.75) is 44.8 Å². The van der Waals surface area contributed by atoms with E-state index in [4.69, 9.17) is 9.72 Å². The van der Waals surface area contributed by atoms with Gasteiger partial charge in [-0.25, -0.2) is 4.98 Å². The van der Waals surface area contributed by atoms with E-state index in [-0.39, 0.29) is 18.1 Å². The van der Waals surface area contributed by atoms with Gasteiger partial charge in [0.2, 0.25) is 5.91 Å². The van der Waals surface area contributed by atoms with Crippen molar-refractivity contribution in [2.24, 2.45) is 0 Å². The number of thiazole rings is 1. The number of benzene rings is 1. The van der Waals surface area contributed by atoms with E-state index in [0.29, 0.717) is 25.6 Å². The number of rotatable bonds is 3. The van der Waals surface area contributed by atoms with Crippen molar-refractivity contribution >= 4 is 27.5 Å². The summed E-state index contributed by atoms with van der Waals surface area (Å²) in [7, 11) is 0. The molecule has 1 aromatic heterocycles. The maximum Gasteiger partial charge on any atom is 0.236 e. The number of hydrogen-bond acceptors (Lipinski definition) is 5. The summed E-state index contributed by atoms with van der Waals surface area (Å²) < 4.78 is 7.00. The van der Waals surface area contributed by atoms with Gasteiger partial charge in [0.25, 0.3) is 0 Å². The molecule has 2 aliphatic rings. The van der Waals surface area contributed by atoms with Crippen molar-refractivity contribution in [3.63, 3.8) is 0 Å². The van der Waals surface area contributed by atoms with Crippen LogP contribution in [-0.4, -0.2) is 65.6 Å². The Morgan fingerprint density at radius 3 is 2.77 bits per heavy atom. The standard InChI is InChI=1S/C20H27N3O2S/c1-14-10-23(11-15(2)25-14)19(24)13-22-9-5-6-16(12-22)20-21-17-7-3-4-8-18(17)26-20/h3-4,7-8,14-16H,5-6,9-13H2,1-2H3/t14-,15-,16-/m0/s1. The summed E-state index contributed by atoms with van der Waals surface area (Å²) in [6.07, 6.45) is 2.54. The molecule has 0 spiro atoms. The van der Waals surface area contributed by atoms with Crippen molar-refractivity contribution in [1.82, 2.24) is 14.8 Å². The summed E-state index contributed by atoms with van der Waals surface area (Å²) >= 11 is 1.80. The fourth-order valence-corrected chi connectivity index (χ4v) is 5.23. The van der Waals surface area contributed by atoms with Crippen molar-refractivity contribution < 1.29 is 9.53 Å². The Bertz CT molecular complexity index is 734. The third-order valence-corrected chi connectivity index (χ3v) is 6.50. The Balaban J connectivity index is 1.39. The summed E-state index contributed by atoms with van der Waals surface area (Å²) in [5, 5.41) is 1.22. The second-order valence-electron chi connectivity index (χ2n) is 7.65. The maximum absolute atomic E-state index is 12.8. The average Bonchev–Trinajstić information content (AvgIpc) is 3.05. The van der Waals surface area contributed by atoms with Crippen molar-refractivity contribution in [1.29, 1.82) is 0 Å². The number of carbonyl (C=O) groups excluding carboxylic acids is 1. The second kappa shape index (κ2) is 7.62. The number of fused-ring (bicyclic) bond motifs is 1. The molecule has 6 heteroatoms. The highest BCUT2D eigenvalue weighted by Crippen LogP contribution is 2.32. The molecular weight excluding hydrogens is 346 g/mol. The number of carbonyl (C=O) groups is 1. The molecule has 0 aliphatic carbocycles. The SMILES string of the molecule is C[C@H]1CN(C(=O)CN2CCC[C@H](c3nc4ccccc4s3)C2)C[C@H](C)O1. The third kappa shape index (κ3) is 3.92. The predicted molar refractivity (Wildman–Crippen MR) is 105 cm³/mol. The first-order valence-corrected chi connectivity index (χ1v) is 10.4. The van der Waals surface area contributed by atoms with Gasteiger partial charge in [-0.3, -0.25) is 9.69 Å². The van der Waals surface area contributed by atoms with Gasteiger partial charge in [0.1, 0.15) is 0 Å². The van der Waals surface area contributed by atoms with Crippen LogP contribution >= 0.6 is 11.3 Å². The van der Waals surface area contributed by atoms with E-state index < -0.39 is 0 Å². The molecule has 3 atom stereocenters. The second-order valence-corrected chi connectivity index (χ2v) is 8.71. The lowest BCUT2D eigenvalue weighted by atomic mass is 9.98. The largest absolute Gasteiger partial charge is 0.372 e. The lowest BCUT2D eigenvalue weighted by molar-refractivity contribution is -0.144. The van der Waals surface area contributed by atoms with Gasteiger partial charge < -0.3 is 9.64 Å². The van der Waals surface area contributed by atoms with Gasteiger partial charge in [-0.05, 0) is 45.4 Å². The van der Waals surface area contributed by atoms with Crippen molar-refractivity contribution in [2.75, 3.05) is 32.7 Å². The molecular formula is C20H27N3O2S. The van der Waals surface area contributed by atoms with Gasteiger partial charge in [-0.15, -0.1) is 11.3 Å². The Labute approximate surface area is 159 Å². The Morgan fingerprint density at radius 1 is 1.23 bits per heavy atom. The van der Waals surface area contributed by atoms with Crippen molar-refractivity contribution in [3.8, 4) is 0 Å². The van der Waals surface area contributed by atoms with Gasteiger partial charge >= 0.3 is 0 Å². The number of morpholine rings is 1. The molecule has 0 N–H and O–H groups in total. The average molecular weight is 374 g/mol. The summed E-state index contributed by atoms with van der Waals surface area (Å²) in [6, 6.07) is 8.34. The van der Waals surface area contributed by atoms with Crippen LogP contribution in [-0.2, 0) is 9.53 Å². The van der Waals surface area contributed by atoms with Gasteiger partial charge in [0.15, 0.2) is 0 Å². The number of aromatic nitrogens is 1. The van der Waals surface area contributed by atoms with Crippen LogP contribution in [0.3, 0.4) is 0 Å². The number of piperidine rings is 1. The fourth-order valence-electron chi connectivity index (χ4n) is 4.14. The molecule has 2 aliphatic heterocycles. The highest BCUT2D eigenvalue weighted by molar-refractivity contribution is 7.18. The van der Waals surface area contributed by atoms with Crippen LogP contribution in [0.5, 0.6) is 0 Å². The lowest BCUT2D eigenvalue weighted by Crippen LogP contribution is -2.51. The van der Waals surface area contributed by atoms with Crippen LogP contribution in [0.2, 0.25) is 0 Å². The maximum atomic E-state index is 12.8. The molecule has 1 aromatic carbocycles. The monoisotopic (exact) mass is 373 g/mol. The molecule has 5 nitrogen and oxygen atoms in total. The Kier molecular flexibility index (Phi) is 5.25. The molecule has 0 bridgehead atoms. The van der Waals surface area contributed by atoms with E-state index in [1.54, 1.807) is 11.3 Å². The van der Waals surface area contributed by atoms with Crippen LogP contribution < -0.4 is 0 Å². The number of para-hydroxylation sites is 1. The Hall–Kier alpha value is -1.50. The molecule has 140 valence electrons. The smallest absolute Gasteiger partial charge is 0.236 e. The van der Waals surface area contributed by atoms with Crippen LogP contribution in [0.25, 0.3) is 10.2 Å². The van der Waals surface area contributed by atoms with Crippen LogP contribution in [0.1, 0.15) is 37.6 Å². The third-order valence-electron chi connectivity index (χ3n) is 5.30. The minimum absolute atomic E-state index is 0.125. The molecule has 3 heterocycles. The lowest BCUT2D eigenvalue weighted by Gasteiger charge is -2.37. The summed E-state index contributed by atoms with van der Waals surface area (Å²) in [5.74, 6) is 0.674. The molecule has 2 aromatic rings. The molecule has 0 saturated carbocycles. The minimum atomic E-state index is 0.125. The first kappa shape index (κ1) is 17.9.